The van der Waals surface area contributed by atoms with E-state index in [1.54, 1.807) is 7.11 Å². The van der Waals surface area contributed by atoms with Gasteiger partial charge in [-0.2, -0.15) is 0 Å². The van der Waals surface area contributed by atoms with E-state index in [0.29, 0.717) is 12.6 Å². The third kappa shape index (κ3) is 2.83. The van der Waals surface area contributed by atoms with E-state index in [1.807, 2.05) is 13.1 Å². The van der Waals surface area contributed by atoms with Gasteiger partial charge in [0.1, 0.15) is 18.1 Å². The molecule has 1 aromatic rings. The summed E-state index contributed by atoms with van der Waals surface area (Å²) >= 11 is 0. The molecule has 0 radical (unpaired) electrons. The van der Waals surface area contributed by atoms with Crippen molar-refractivity contribution in [3.8, 4) is 0 Å². The first kappa shape index (κ1) is 10.7. The summed E-state index contributed by atoms with van der Waals surface area (Å²) in [6, 6.07) is 4.41. The molecule has 1 N–H and O–H groups in total. The summed E-state index contributed by atoms with van der Waals surface area (Å²) in [6.07, 6.45) is 3.95. The molecule has 1 aliphatic carbocycles. The number of hydrogen-bond acceptors (Lipinski definition) is 3. The monoisotopic (exact) mass is 209 g/mol. The Morgan fingerprint density at radius 3 is 2.93 bits per heavy atom. The minimum absolute atomic E-state index is 0.364. The van der Waals surface area contributed by atoms with Gasteiger partial charge >= 0.3 is 0 Å². The number of hydrogen-bond donors (Lipinski definition) is 1. The molecule has 1 aromatic heterocycles. The molecule has 84 valence electrons. The van der Waals surface area contributed by atoms with Crippen LogP contribution < -0.4 is 5.32 Å². The molecule has 0 aliphatic heterocycles. The van der Waals surface area contributed by atoms with Crippen LogP contribution in [0.25, 0.3) is 0 Å². The zero-order valence-corrected chi connectivity index (χ0v) is 9.45. The fourth-order valence-corrected chi connectivity index (χ4v) is 1.86. The molecule has 1 aliphatic rings. The quantitative estimate of drug-likeness (QED) is 0.781. The molecule has 1 atom stereocenters. The molecule has 15 heavy (non-hydrogen) atoms. The first-order valence-corrected chi connectivity index (χ1v) is 5.58. The van der Waals surface area contributed by atoms with Gasteiger partial charge in [-0.3, -0.25) is 0 Å². The average Bonchev–Trinajstić information content (AvgIpc) is 2.95. The summed E-state index contributed by atoms with van der Waals surface area (Å²) in [6.45, 7) is 0.555. The molecule has 0 amide bonds. The second-order valence-corrected chi connectivity index (χ2v) is 4.26. The molecule has 3 nitrogen and oxygen atoms in total. The van der Waals surface area contributed by atoms with Crippen LogP contribution >= 0.6 is 0 Å². The topological polar surface area (TPSA) is 34.4 Å². The van der Waals surface area contributed by atoms with Gasteiger partial charge in [-0.15, -0.1) is 0 Å². The van der Waals surface area contributed by atoms with Gasteiger partial charge in [0.2, 0.25) is 0 Å². The molecule has 1 unspecified atom stereocenters. The highest BCUT2D eigenvalue weighted by molar-refractivity contribution is 5.10. The molecule has 0 aromatic carbocycles. The largest absolute Gasteiger partial charge is 0.462 e. The molecular formula is C12H19NO2. The van der Waals surface area contributed by atoms with Crippen molar-refractivity contribution >= 4 is 0 Å². The van der Waals surface area contributed by atoms with Gasteiger partial charge in [-0.25, -0.2) is 0 Å². The Morgan fingerprint density at radius 2 is 2.33 bits per heavy atom. The lowest BCUT2D eigenvalue weighted by atomic mass is 10.1. The van der Waals surface area contributed by atoms with Crippen LogP contribution in [0.5, 0.6) is 0 Å². The molecule has 1 fully saturated rings. The number of furan rings is 1. The summed E-state index contributed by atoms with van der Waals surface area (Å²) in [5.41, 5.74) is 0. The molecule has 1 saturated carbocycles. The van der Waals surface area contributed by atoms with E-state index >= 15 is 0 Å². The first-order chi connectivity index (χ1) is 7.33. The molecule has 0 bridgehead atoms. The summed E-state index contributed by atoms with van der Waals surface area (Å²) < 4.78 is 10.8. The van der Waals surface area contributed by atoms with Crippen molar-refractivity contribution in [3.63, 3.8) is 0 Å². The van der Waals surface area contributed by atoms with Crippen LogP contribution in [0.1, 0.15) is 36.8 Å². The molecule has 3 heteroatoms. The maximum Gasteiger partial charge on any atom is 0.129 e. The van der Waals surface area contributed by atoms with Gasteiger partial charge in [0.05, 0.1) is 6.04 Å². The lowest BCUT2D eigenvalue weighted by Crippen LogP contribution is -2.16. The molecular weight excluding hydrogens is 190 g/mol. The Labute approximate surface area is 90.8 Å². The van der Waals surface area contributed by atoms with Gasteiger partial charge in [-0.05, 0) is 31.5 Å². The van der Waals surface area contributed by atoms with E-state index in [1.165, 1.54) is 19.3 Å². The van der Waals surface area contributed by atoms with Gasteiger partial charge in [0.25, 0.3) is 0 Å². The second-order valence-electron chi connectivity index (χ2n) is 4.26. The first-order valence-electron chi connectivity index (χ1n) is 5.58. The van der Waals surface area contributed by atoms with Crippen molar-refractivity contribution in [3.05, 3.63) is 23.7 Å². The standard InChI is InChI=1S/C12H19NO2/c1-13-11(7-9-3-4-9)12-6-5-10(15-12)8-14-2/h5-6,9,11,13H,3-4,7-8H2,1-2H3. The minimum atomic E-state index is 0.364. The molecule has 2 rings (SSSR count). The average molecular weight is 209 g/mol. The summed E-state index contributed by atoms with van der Waals surface area (Å²) in [5, 5.41) is 3.31. The number of rotatable bonds is 6. The van der Waals surface area contributed by atoms with Gasteiger partial charge in [0, 0.05) is 7.11 Å². The number of ether oxygens (including phenoxy) is 1. The maximum absolute atomic E-state index is 5.72. The van der Waals surface area contributed by atoms with Crippen LogP contribution in [0.4, 0.5) is 0 Å². The van der Waals surface area contributed by atoms with E-state index in [0.717, 1.165) is 17.4 Å². The lowest BCUT2D eigenvalue weighted by Gasteiger charge is -2.12. The van der Waals surface area contributed by atoms with E-state index in [2.05, 4.69) is 11.4 Å². The molecule has 1 heterocycles. The smallest absolute Gasteiger partial charge is 0.129 e. The van der Waals surface area contributed by atoms with Crippen molar-refractivity contribution in [1.29, 1.82) is 0 Å². The van der Waals surface area contributed by atoms with Crippen molar-refractivity contribution in [2.24, 2.45) is 5.92 Å². The van der Waals surface area contributed by atoms with Crippen LogP contribution in [0.2, 0.25) is 0 Å². The van der Waals surface area contributed by atoms with E-state index < -0.39 is 0 Å². The number of nitrogens with one attached hydrogen (secondary N) is 1. The highest BCUT2D eigenvalue weighted by Crippen LogP contribution is 2.37. The number of methoxy groups -OCH3 is 1. The highest BCUT2D eigenvalue weighted by Gasteiger charge is 2.26. The Kier molecular flexibility index (Phi) is 3.44. The van der Waals surface area contributed by atoms with E-state index in [-0.39, 0.29) is 0 Å². The fraction of sp³-hybridized carbons (Fsp3) is 0.667. The van der Waals surface area contributed by atoms with Gasteiger partial charge in [-0.1, -0.05) is 12.8 Å². The van der Waals surface area contributed by atoms with Crippen LogP contribution in [-0.2, 0) is 11.3 Å². The molecule has 0 saturated heterocycles. The predicted octanol–water partition coefficient (Wildman–Crippen LogP) is 2.49. The Balaban J connectivity index is 1.97. The third-order valence-corrected chi connectivity index (χ3v) is 2.93. The Bertz CT molecular complexity index is 304. The highest BCUT2D eigenvalue weighted by atomic mass is 16.5. The van der Waals surface area contributed by atoms with Crippen LogP contribution in [-0.4, -0.2) is 14.2 Å². The molecule has 0 spiro atoms. The summed E-state index contributed by atoms with van der Waals surface area (Å²) in [5.74, 6) is 2.85. The fourth-order valence-electron chi connectivity index (χ4n) is 1.86. The lowest BCUT2D eigenvalue weighted by molar-refractivity contribution is 0.161. The van der Waals surface area contributed by atoms with Crippen LogP contribution in [0.15, 0.2) is 16.5 Å². The maximum atomic E-state index is 5.72. The van der Waals surface area contributed by atoms with Gasteiger partial charge < -0.3 is 14.5 Å². The zero-order chi connectivity index (χ0) is 10.7. The van der Waals surface area contributed by atoms with Crippen molar-refractivity contribution < 1.29 is 9.15 Å². The van der Waals surface area contributed by atoms with E-state index in [4.69, 9.17) is 9.15 Å². The van der Waals surface area contributed by atoms with Crippen LogP contribution in [0, 0.1) is 5.92 Å². The van der Waals surface area contributed by atoms with Crippen molar-refractivity contribution in [1.82, 2.24) is 5.32 Å². The van der Waals surface area contributed by atoms with Crippen LogP contribution in [0.3, 0.4) is 0 Å². The normalized spacial score (nSPS) is 18.0. The second kappa shape index (κ2) is 4.81. The summed E-state index contributed by atoms with van der Waals surface area (Å²) in [7, 11) is 3.67. The minimum Gasteiger partial charge on any atom is -0.462 e. The van der Waals surface area contributed by atoms with Crippen molar-refractivity contribution in [2.75, 3.05) is 14.2 Å². The van der Waals surface area contributed by atoms with E-state index in [9.17, 15) is 0 Å². The third-order valence-electron chi connectivity index (χ3n) is 2.93. The zero-order valence-electron chi connectivity index (χ0n) is 9.45. The SMILES string of the molecule is CNC(CC1CC1)c1ccc(COC)o1. The Hall–Kier alpha value is -0.800. The predicted molar refractivity (Wildman–Crippen MR) is 58.6 cm³/mol. The summed E-state index contributed by atoms with van der Waals surface area (Å²) in [4.78, 5) is 0. The van der Waals surface area contributed by atoms with Crippen molar-refractivity contribution in [2.45, 2.75) is 31.9 Å². The Morgan fingerprint density at radius 1 is 1.53 bits per heavy atom. The van der Waals surface area contributed by atoms with Gasteiger partial charge in [0.15, 0.2) is 0 Å².